The third-order valence-corrected chi connectivity index (χ3v) is 6.81. The van der Waals surface area contributed by atoms with Gasteiger partial charge in [-0.25, -0.2) is 22.9 Å². The number of nitrogens with one attached hydrogen (secondary N) is 2. The van der Waals surface area contributed by atoms with Gasteiger partial charge in [-0.3, -0.25) is 9.89 Å². The van der Waals surface area contributed by atoms with Gasteiger partial charge in [-0.1, -0.05) is 17.7 Å². The maximum Gasteiger partial charge on any atom is 0.409 e. The largest absolute Gasteiger partial charge is 0.497 e. The van der Waals surface area contributed by atoms with Crippen molar-refractivity contribution in [3.8, 4) is 0 Å². The second-order valence-electron chi connectivity index (χ2n) is 10.1. The van der Waals surface area contributed by atoms with E-state index in [1.165, 1.54) is 33.1 Å². The van der Waals surface area contributed by atoms with Crippen molar-refractivity contribution >= 4 is 23.5 Å². The van der Waals surface area contributed by atoms with Crippen molar-refractivity contribution in [3.63, 3.8) is 0 Å². The quantitative estimate of drug-likeness (QED) is 0.304. The average molecular weight is 594 g/mol. The Morgan fingerprint density at radius 2 is 2.05 bits per heavy atom. The van der Waals surface area contributed by atoms with Crippen molar-refractivity contribution in [1.82, 2.24) is 20.5 Å². The highest BCUT2D eigenvalue weighted by Gasteiger charge is 2.34. The van der Waals surface area contributed by atoms with Crippen LogP contribution in [0.5, 0.6) is 0 Å². The van der Waals surface area contributed by atoms with Crippen LogP contribution in [0.1, 0.15) is 44.5 Å². The summed E-state index contributed by atoms with van der Waals surface area (Å²) < 4.78 is 53.1. The number of nitrogens with zero attached hydrogens (tertiary/aromatic N) is 3. The number of rotatable bonds is 8. The predicted octanol–water partition coefficient (Wildman–Crippen LogP) is 4.58. The van der Waals surface area contributed by atoms with Crippen LogP contribution in [-0.4, -0.2) is 65.5 Å². The number of methoxy groups -OCH3 is 1. The molecule has 2 aromatic rings. The molecule has 0 saturated carbocycles. The molecule has 3 N–H and O–H groups in total. The molecular weight excluding hydrogens is 563 g/mol. The fourth-order valence-corrected chi connectivity index (χ4v) is 5.06. The van der Waals surface area contributed by atoms with Crippen molar-refractivity contribution in [2.45, 2.75) is 45.1 Å². The number of aromatic nitrogens is 1. The summed E-state index contributed by atoms with van der Waals surface area (Å²) in [5, 5.41) is 15.7. The van der Waals surface area contributed by atoms with Gasteiger partial charge >= 0.3 is 6.09 Å². The van der Waals surface area contributed by atoms with E-state index in [9.17, 15) is 23.1 Å². The Balaban J connectivity index is 1.72. The molecule has 9 nitrogen and oxygen atoms in total. The monoisotopic (exact) mass is 593 g/mol. The van der Waals surface area contributed by atoms with Crippen molar-refractivity contribution in [3.05, 3.63) is 87.3 Å². The molecule has 1 fully saturated rings. The van der Waals surface area contributed by atoms with Gasteiger partial charge in [0.1, 0.15) is 29.1 Å². The molecule has 0 bridgehead atoms. The first-order valence-corrected chi connectivity index (χ1v) is 13.3. The minimum Gasteiger partial charge on any atom is -0.497 e. The smallest absolute Gasteiger partial charge is 0.409 e. The lowest BCUT2D eigenvalue weighted by Gasteiger charge is -2.31. The molecule has 2 aliphatic rings. The average Bonchev–Trinajstić information content (AvgIpc) is 3.30. The van der Waals surface area contributed by atoms with Crippen molar-refractivity contribution < 1.29 is 32.5 Å². The minimum atomic E-state index is -1.62. The molecule has 220 valence electrons. The molecule has 1 amide bonds. The summed E-state index contributed by atoms with van der Waals surface area (Å²) in [6, 6.07) is 3.50. The van der Waals surface area contributed by atoms with E-state index in [2.05, 4.69) is 15.6 Å². The number of carbonyl (C=O) groups is 1. The number of likely N-dealkylation sites (tertiary alicyclic amines) is 1. The lowest BCUT2D eigenvalue weighted by molar-refractivity contribution is -0.131. The summed E-state index contributed by atoms with van der Waals surface area (Å²) in [6.45, 7) is 5.79. The maximum absolute atomic E-state index is 14.9. The van der Waals surface area contributed by atoms with E-state index < -0.39 is 35.4 Å². The van der Waals surface area contributed by atoms with E-state index >= 15 is 0 Å². The molecule has 1 aromatic heterocycles. The highest BCUT2D eigenvalue weighted by Crippen LogP contribution is 2.39. The van der Waals surface area contributed by atoms with Gasteiger partial charge in [-0.05, 0) is 31.6 Å². The molecule has 13 heteroatoms. The Bertz CT molecular complexity index is 1410. The van der Waals surface area contributed by atoms with Crippen molar-refractivity contribution in [2.24, 2.45) is 4.99 Å². The van der Waals surface area contributed by atoms with Crippen LogP contribution in [0.25, 0.3) is 0 Å². The summed E-state index contributed by atoms with van der Waals surface area (Å²) in [6.07, 6.45) is 2.48. The molecule has 0 spiro atoms. The SMILES string of the molecule is C/C=C(\OC)C1=C(CN2CC[C@H](NC(=O)OC(C)(C)O)C2)NC(c2ncc(F)cc2F)=NC1c1ccc(F)cc1Cl. The predicted molar refractivity (Wildman–Crippen MR) is 147 cm³/mol. The second kappa shape index (κ2) is 12.5. The number of aliphatic hydroxyl groups is 1. The first-order valence-electron chi connectivity index (χ1n) is 12.9. The van der Waals surface area contributed by atoms with Gasteiger partial charge in [-0.15, -0.1) is 0 Å². The van der Waals surface area contributed by atoms with Crippen molar-refractivity contribution in [2.75, 3.05) is 26.7 Å². The second-order valence-corrected chi connectivity index (χ2v) is 10.5. The molecule has 2 atom stereocenters. The van der Waals surface area contributed by atoms with Gasteiger partial charge in [0.15, 0.2) is 11.7 Å². The number of alkyl carbamates (subject to hydrolysis) is 1. The van der Waals surface area contributed by atoms with Crippen LogP contribution in [0.3, 0.4) is 0 Å². The molecule has 4 rings (SSSR count). The first kappa shape index (κ1) is 30.4. The van der Waals surface area contributed by atoms with Crippen LogP contribution >= 0.6 is 11.6 Å². The van der Waals surface area contributed by atoms with E-state index in [1.54, 1.807) is 13.0 Å². The lowest BCUT2D eigenvalue weighted by atomic mass is 9.93. The van der Waals surface area contributed by atoms with E-state index in [-0.39, 0.29) is 29.1 Å². The number of ether oxygens (including phenoxy) is 2. The summed E-state index contributed by atoms with van der Waals surface area (Å²) in [5.74, 6) is -3.43. The number of pyridine rings is 1. The molecule has 3 heterocycles. The zero-order valence-electron chi connectivity index (χ0n) is 23.0. The molecule has 41 heavy (non-hydrogen) atoms. The number of carbonyl (C=O) groups excluding carboxylic acids is 1. The molecule has 0 aliphatic carbocycles. The standard InChI is InChI=1S/C28H31ClF3N5O4/c1-5-22(40-4)23-21(14-37-9-8-17(13-37)34-27(38)41-28(2,3)39)35-26(25-20(32)11-16(31)12-33-25)36-24(23)18-7-6-15(30)10-19(18)29/h5-7,10-12,17,24,39H,8-9,13-14H2,1-4H3,(H,34,38)(H,35,36)/b22-5-/t17-,24?/m0/s1. The van der Waals surface area contributed by atoms with Crippen LogP contribution in [0.2, 0.25) is 5.02 Å². The lowest BCUT2D eigenvalue weighted by Crippen LogP contribution is -2.42. The Morgan fingerprint density at radius 3 is 2.68 bits per heavy atom. The minimum absolute atomic E-state index is 0.0285. The number of amides is 1. The number of benzene rings is 1. The van der Waals surface area contributed by atoms with Crippen molar-refractivity contribution in [1.29, 1.82) is 0 Å². The maximum atomic E-state index is 14.9. The normalized spacial score (nSPS) is 20.0. The van der Waals surface area contributed by atoms with E-state index in [0.29, 0.717) is 48.2 Å². The number of halogens is 4. The highest BCUT2D eigenvalue weighted by atomic mass is 35.5. The summed E-state index contributed by atoms with van der Waals surface area (Å²) in [5.41, 5.74) is 1.38. The fraction of sp³-hybridized carbons (Fsp3) is 0.393. The van der Waals surface area contributed by atoms with Gasteiger partial charge in [0, 0.05) is 67.4 Å². The Kier molecular flexibility index (Phi) is 9.25. The topological polar surface area (TPSA) is 108 Å². The van der Waals surface area contributed by atoms with E-state index in [4.69, 9.17) is 26.1 Å². The number of hydrogen-bond donors (Lipinski definition) is 3. The zero-order valence-corrected chi connectivity index (χ0v) is 23.7. The number of amidine groups is 1. The summed E-state index contributed by atoms with van der Waals surface area (Å²) >= 11 is 6.46. The Labute approximate surface area is 240 Å². The Hall–Kier alpha value is -3.61. The molecule has 1 unspecified atom stereocenters. The van der Waals surface area contributed by atoms with Crippen LogP contribution in [0.15, 0.2) is 58.6 Å². The molecule has 1 aromatic carbocycles. The van der Waals surface area contributed by atoms with Crippen LogP contribution in [0.4, 0.5) is 18.0 Å². The molecule has 2 aliphatic heterocycles. The molecule has 0 radical (unpaired) electrons. The van der Waals surface area contributed by atoms with Gasteiger partial charge < -0.3 is 25.2 Å². The van der Waals surface area contributed by atoms with Crippen LogP contribution in [-0.2, 0) is 9.47 Å². The Morgan fingerprint density at radius 1 is 1.29 bits per heavy atom. The molecule has 1 saturated heterocycles. The molecular formula is C28H31ClF3N5O4. The van der Waals surface area contributed by atoms with Gasteiger partial charge in [-0.2, -0.15) is 0 Å². The fourth-order valence-electron chi connectivity index (χ4n) is 4.79. The zero-order chi connectivity index (χ0) is 29.9. The highest BCUT2D eigenvalue weighted by molar-refractivity contribution is 6.31. The third kappa shape index (κ3) is 7.38. The van der Waals surface area contributed by atoms with E-state index in [0.717, 1.165) is 12.3 Å². The number of aliphatic imine (C=N–C) groups is 1. The summed E-state index contributed by atoms with van der Waals surface area (Å²) in [7, 11) is 1.49. The van der Waals surface area contributed by atoms with Gasteiger partial charge in [0.05, 0.1) is 13.3 Å². The van der Waals surface area contributed by atoms with Crippen LogP contribution < -0.4 is 10.6 Å². The van der Waals surface area contributed by atoms with Gasteiger partial charge in [0.25, 0.3) is 0 Å². The first-order chi connectivity index (χ1) is 19.4. The van der Waals surface area contributed by atoms with E-state index in [1.807, 2.05) is 4.90 Å². The number of allylic oxidation sites excluding steroid dienone is 1. The third-order valence-electron chi connectivity index (χ3n) is 6.48. The van der Waals surface area contributed by atoms with Crippen LogP contribution in [0, 0.1) is 17.5 Å². The number of hydrogen-bond acceptors (Lipinski definition) is 8. The summed E-state index contributed by atoms with van der Waals surface area (Å²) in [4.78, 5) is 22.8. The van der Waals surface area contributed by atoms with Gasteiger partial charge in [0.2, 0.25) is 5.79 Å².